The third-order valence-electron chi connectivity index (χ3n) is 7.53. The number of aryl methyl sites for hydroxylation is 1. The molecule has 0 aliphatic heterocycles. The fraction of sp³-hybridized carbons (Fsp3) is 0.588. The standard InChI is InChI=1S/C34H51FN4O/c1-7-18-37(19-8-2)20-9-21-39-32-25-29(34(40)38(22-16-26(3)4)23-17-27(5)6)12-15-31(32)36-33(39)24-28-10-13-30(35)14-11-28/h10-15,25-27H,7-9,16-24H2,1-6H3. The van der Waals surface area contributed by atoms with Gasteiger partial charge in [0, 0.05) is 31.6 Å². The number of nitrogens with zero attached hydrogens (tertiary/aromatic N) is 4. The van der Waals surface area contributed by atoms with Crippen molar-refractivity contribution >= 4 is 16.9 Å². The highest BCUT2D eigenvalue weighted by Crippen LogP contribution is 2.23. The van der Waals surface area contributed by atoms with E-state index in [9.17, 15) is 9.18 Å². The predicted molar refractivity (Wildman–Crippen MR) is 165 cm³/mol. The molecule has 0 fully saturated rings. The van der Waals surface area contributed by atoms with Crippen LogP contribution >= 0.6 is 0 Å². The van der Waals surface area contributed by atoms with Crippen molar-refractivity contribution in [3.63, 3.8) is 0 Å². The molecule has 0 saturated heterocycles. The summed E-state index contributed by atoms with van der Waals surface area (Å²) >= 11 is 0. The van der Waals surface area contributed by atoms with E-state index in [-0.39, 0.29) is 11.7 Å². The van der Waals surface area contributed by atoms with Crippen molar-refractivity contribution in [2.45, 2.75) is 86.6 Å². The van der Waals surface area contributed by atoms with E-state index in [0.717, 1.165) is 99.4 Å². The summed E-state index contributed by atoms with van der Waals surface area (Å²) in [6.07, 6.45) is 5.93. The quantitative estimate of drug-likeness (QED) is 0.172. The van der Waals surface area contributed by atoms with Crippen LogP contribution in [0.3, 0.4) is 0 Å². The lowest BCUT2D eigenvalue weighted by Gasteiger charge is -2.25. The van der Waals surface area contributed by atoms with Gasteiger partial charge in [0.05, 0.1) is 11.0 Å². The number of carbonyl (C=O) groups is 1. The second kappa shape index (κ2) is 15.9. The zero-order valence-corrected chi connectivity index (χ0v) is 25.8. The van der Waals surface area contributed by atoms with Crippen LogP contribution in [0.2, 0.25) is 0 Å². The van der Waals surface area contributed by atoms with Gasteiger partial charge >= 0.3 is 0 Å². The summed E-state index contributed by atoms with van der Waals surface area (Å²) in [6, 6.07) is 12.7. The van der Waals surface area contributed by atoms with Gasteiger partial charge in [-0.05, 0) is 99.5 Å². The highest BCUT2D eigenvalue weighted by atomic mass is 19.1. The van der Waals surface area contributed by atoms with Crippen molar-refractivity contribution in [2.75, 3.05) is 32.7 Å². The van der Waals surface area contributed by atoms with Crippen molar-refractivity contribution in [1.29, 1.82) is 0 Å². The Bertz CT molecular complexity index is 1170. The number of hydrogen-bond donors (Lipinski definition) is 0. The van der Waals surface area contributed by atoms with Gasteiger partial charge in [-0.15, -0.1) is 0 Å². The monoisotopic (exact) mass is 550 g/mol. The molecule has 3 rings (SSSR count). The maximum atomic E-state index is 13.8. The van der Waals surface area contributed by atoms with Crippen LogP contribution in [-0.2, 0) is 13.0 Å². The second-order valence-electron chi connectivity index (χ2n) is 12.0. The summed E-state index contributed by atoms with van der Waals surface area (Å²) in [4.78, 5) is 23.3. The van der Waals surface area contributed by atoms with Gasteiger partial charge in [0.2, 0.25) is 0 Å². The van der Waals surface area contributed by atoms with Crippen molar-refractivity contribution in [1.82, 2.24) is 19.4 Å². The maximum absolute atomic E-state index is 13.8. The first kappa shape index (κ1) is 31.8. The molecule has 1 aromatic heterocycles. The first-order chi connectivity index (χ1) is 19.2. The summed E-state index contributed by atoms with van der Waals surface area (Å²) < 4.78 is 15.9. The van der Waals surface area contributed by atoms with Crippen LogP contribution in [0.25, 0.3) is 11.0 Å². The van der Waals surface area contributed by atoms with E-state index < -0.39 is 0 Å². The minimum atomic E-state index is -0.230. The van der Waals surface area contributed by atoms with Crippen molar-refractivity contribution in [3.8, 4) is 0 Å². The molecule has 40 heavy (non-hydrogen) atoms. The maximum Gasteiger partial charge on any atom is 0.253 e. The number of rotatable bonds is 17. The summed E-state index contributed by atoms with van der Waals surface area (Å²) in [7, 11) is 0. The molecule has 0 aliphatic carbocycles. The molecule has 0 aliphatic rings. The largest absolute Gasteiger partial charge is 0.339 e. The van der Waals surface area contributed by atoms with E-state index in [0.29, 0.717) is 18.3 Å². The number of carbonyl (C=O) groups excluding carboxylic acids is 1. The number of amides is 1. The molecule has 0 N–H and O–H groups in total. The van der Waals surface area contributed by atoms with Gasteiger partial charge < -0.3 is 14.4 Å². The summed E-state index contributed by atoms with van der Waals surface area (Å²) in [6.45, 7) is 19.0. The van der Waals surface area contributed by atoms with Gasteiger partial charge in [-0.25, -0.2) is 9.37 Å². The zero-order chi connectivity index (χ0) is 29.1. The average Bonchev–Trinajstić information content (AvgIpc) is 3.25. The van der Waals surface area contributed by atoms with Crippen LogP contribution in [0.15, 0.2) is 42.5 Å². The van der Waals surface area contributed by atoms with E-state index in [2.05, 4.69) is 51.0 Å². The second-order valence-corrected chi connectivity index (χ2v) is 12.0. The Balaban J connectivity index is 1.92. The van der Waals surface area contributed by atoms with Crippen LogP contribution in [0.4, 0.5) is 4.39 Å². The summed E-state index contributed by atoms with van der Waals surface area (Å²) in [5.74, 6) is 1.93. The number of halogens is 1. The van der Waals surface area contributed by atoms with Gasteiger partial charge in [0.1, 0.15) is 11.6 Å². The highest BCUT2D eigenvalue weighted by Gasteiger charge is 2.19. The lowest BCUT2D eigenvalue weighted by molar-refractivity contribution is 0.0741. The fourth-order valence-corrected chi connectivity index (χ4v) is 5.22. The lowest BCUT2D eigenvalue weighted by atomic mass is 10.1. The molecule has 1 amide bonds. The third kappa shape index (κ3) is 9.43. The third-order valence-corrected chi connectivity index (χ3v) is 7.53. The Hall–Kier alpha value is -2.73. The molecule has 2 aromatic carbocycles. The number of imidazole rings is 1. The van der Waals surface area contributed by atoms with Crippen LogP contribution < -0.4 is 0 Å². The molecule has 6 heteroatoms. The van der Waals surface area contributed by atoms with E-state index in [1.54, 1.807) is 0 Å². The molecule has 0 bridgehead atoms. The normalized spacial score (nSPS) is 11.8. The molecule has 0 atom stereocenters. The SMILES string of the molecule is CCCN(CCC)CCCn1c(Cc2ccc(F)cc2)nc2ccc(C(=O)N(CCC(C)C)CCC(C)C)cc21. The molecule has 0 unspecified atom stereocenters. The van der Waals surface area contributed by atoms with Crippen molar-refractivity contribution < 1.29 is 9.18 Å². The van der Waals surface area contributed by atoms with Gasteiger partial charge in [-0.2, -0.15) is 0 Å². The minimum Gasteiger partial charge on any atom is -0.339 e. The Kier molecular flexibility index (Phi) is 12.6. The fourth-order valence-electron chi connectivity index (χ4n) is 5.22. The molecule has 0 saturated carbocycles. The molecule has 220 valence electrons. The van der Waals surface area contributed by atoms with Crippen LogP contribution in [0.5, 0.6) is 0 Å². The highest BCUT2D eigenvalue weighted by molar-refractivity contribution is 5.97. The molecular weight excluding hydrogens is 499 g/mol. The van der Waals surface area contributed by atoms with Gasteiger partial charge in [-0.1, -0.05) is 53.7 Å². The van der Waals surface area contributed by atoms with E-state index in [4.69, 9.17) is 4.98 Å². The first-order valence-corrected chi connectivity index (χ1v) is 15.5. The van der Waals surface area contributed by atoms with Crippen LogP contribution in [-0.4, -0.2) is 58.0 Å². The van der Waals surface area contributed by atoms with Gasteiger partial charge in [0.15, 0.2) is 0 Å². The van der Waals surface area contributed by atoms with E-state index >= 15 is 0 Å². The van der Waals surface area contributed by atoms with Crippen LogP contribution in [0.1, 0.15) is 95.4 Å². The summed E-state index contributed by atoms with van der Waals surface area (Å²) in [5.41, 5.74) is 3.67. The number of aromatic nitrogens is 2. The number of benzene rings is 2. The van der Waals surface area contributed by atoms with Crippen molar-refractivity contribution in [2.24, 2.45) is 11.8 Å². The molecule has 1 heterocycles. The molecule has 0 spiro atoms. The van der Waals surface area contributed by atoms with Gasteiger partial charge in [-0.3, -0.25) is 4.79 Å². The van der Waals surface area contributed by atoms with Crippen LogP contribution in [0, 0.1) is 17.7 Å². The molecular formula is C34H51FN4O. The molecule has 5 nitrogen and oxygen atoms in total. The predicted octanol–water partition coefficient (Wildman–Crippen LogP) is 7.81. The number of hydrogen-bond acceptors (Lipinski definition) is 3. The zero-order valence-electron chi connectivity index (χ0n) is 25.8. The molecule has 3 aromatic rings. The Labute approximate surface area is 241 Å². The van der Waals surface area contributed by atoms with E-state index in [1.807, 2.05) is 35.2 Å². The Morgan fingerprint density at radius 1 is 0.875 bits per heavy atom. The summed E-state index contributed by atoms with van der Waals surface area (Å²) in [5, 5.41) is 0. The molecule has 0 radical (unpaired) electrons. The van der Waals surface area contributed by atoms with Crippen molar-refractivity contribution in [3.05, 3.63) is 65.2 Å². The number of fused-ring (bicyclic) bond motifs is 1. The van der Waals surface area contributed by atoms with E-state index in [1.165, 1.54) is 12.1 Å². The topological polar surface area (TPSA) is 41.4 Å². The first-order valence-electron chi connectivity index (χ1n) is 15.5. The Morgan fingerprint density at radius 3 is 2.08 bits per heavy atom. The van der Waals surface area contributed by atoms with Gasteiger partial charge in [0.25, 0.3) is 5.91 Å². The average molecular weight is 551 g/mol. The minimum absolute atomic E-state index is 0.105. The smallest absolute Gasteiger partial charge is 0.253 e. The Morgan fingerprint density at radius 2 is 1.50 bits per heavy atom. The lowest BCUT2D eigenvalue weighted by Crippen LogP contribution is -2.34.